The highest BCUT2D eigenvalue weighted by Gasteiger charge is 2.34. The van der Waals surface area contributed by atoms with Crippen molar-refractivity contribution < 1.29 is 18.3 Å². The molecule has 114 valence electrons. The van der Waals surface area contributed by atoms with Gasteiger partial charge >= 0.3 is 6.18 Å². The van der Waals surface area contributed by atoms with Crippen LogP contribution in [0.2, 0.25) is 0 Å². The van der Waals surface area contributed by atoms with Crippen molar-refractivity contribution in [3.8, 4) is 0 Å². The Morgan fingerprint density at radius 2 is 1.90 bits per heavy atom. The van der Waals surface area contributed by atoms with Crippen molar-refractivity contribution in [1.29, 1.82) is 0 Å². The fraction of sp³-hybridized carbons (Fsp3) is 0.667. The SMILES string of the molecule is CCCNc1nc(NC(C)(C)CO)cc(C(F)(F)F)n1. The number of anilines is 2. The average Bonchev–Trinajstić information content (AvgIpc) is 2.34. The van der Waals surface area contributed by atoms with Crippen LogP contribution in [0, 0.1) is 0 Å². The highest BCUT2D eigenvalue weighted by Crippen LogP contribution is 2.30. The molecule has 1 aromatic rings. The molecule has 0 spiro atoms. The van der Waals surface area contributed by atoms with Crippen LogP contribution in [0.1, 0.15) is 32.9 Å². The Balaban J connectivity index is 3.10. The van der Waals surface area contributed by atoms with Crippen LogP contribution in [0.3, 0.4) is 0 Å². The number of aliphatic hydroxyl groups excluding tert-OH is 1. The number of aliphatic hydroxyl groups is 1. The minimum atomic E-state index is -4.55. The standard InChI is InChI=1S/C12H19F3N4O/c1-4-5-16-10-17-8(12(13,14)15)6-9(18-10)19-11(2,3)7-20/h6,20H,4-5,7H2,1-3H3,(H2,16,17,18,19). The van der Waals surface area contributed by atoms with Gasteiger partial charge in [-0.05, 0) is 20.3 Å². The number of halogens is 3. The minimum Gasteiger partial charge on any atom is -0.394 e. The van der Waals surface area contributed by atoms with Crippen molar-refractivity contribution in [2.45, 2.75) is 38.9 Å². The van der Waals surface area contributed by atoms with E-state index in [-0.39, 0.29) is 18.4 Å². The molecule has 0 fully saturated rings. The van der Waals surface area contributed by atoms with Gasteiger partial charge in [0.15, 0.2) is 5.69 Å². The average molecular weight is 292 g/mol. The summed E-state index contributed by atoms with van der Waals surface area (Å²) in [6.07, 6.45) is -3.81. The third-order valence-electron chi connectivity index (χ3n) is 2.41. The molecule has 0 aliphatic carbocycles. The number of aromatic nitrogens is 2. The number of hydrogen-bond acceptors (Lipinski definition) is 5. The van der Waals surface area contributed by atoms with Crippen LogP contribution in [0.4, 0.5) is 24.9 Å². The third kappa shape index (κ3) is 4.84. The lowest BCUT2D eigenvalue weighted by molar-refractivity contribution is -0.141. The van der Waals surface area contributed by atoms with Crippen LogP contribution in [0.25, 0.3) is 0 Å². The summed E-state index contributed by atoms with van der Waals surface area (Å²) in [6.45, 7) is 5.43. The number of alkyl halides is 3. The van der Waals surface area contributed by atoms with E-state index >= 15 is 0 Å². The first-order chi connectivity index (χ1) is 9.18. The Morgan fingerprint density at radius 3 is 2.40 bits per heavy atom. The van der Waals surface area contributed by atoms with Gasteiger partial charge in [-0.15, -0.1) is 0 Å². The largest absolute Gasteiger partial charge is 0.433 e. The molecule has 0 aromatic carbocycles. The summed E-state index contributed by atoms with van der Waals surface area (Å²) in [5.41, 5.74) is -1.80. The van der Waals surface area contributed by atoms with Crippen LogP contribution in [-0.4, -0.2) is 33.8 Å². The predicted octanol–water partition coefficient (Wildman–Crippen LogP) is 2.50. The van der Waals surface area contributed by atoms with E-state index in [9.17, 15) is 13.2 Å². The lowest BCUT2D eigenvalue weighted by atomic mass is 10.1. The van der Waals surface area contributed by atoms with E-state index in [1.54, 1.807) is 13.8 Å². The summed E-state index contributed by atoms with van der Waals surface area (Å²) in [7, 11) is 0. The van der Waals surface area contributed by atoms with E-state index in [0.717, 1.165) is 12.5 Å². The van der Waals surface area contributed by atoms with E-state index in [2.05, 4.69) is 20.6 Å². The Hall–Kier alpha value is -1.57. The molecule has 5 nitrogen and oxygen atoms in total. The summed E-state index contributed by atoms with van der Waals surface area (Å²) in [4.78, 5) is 7.42. The van der Waals surface area contributed by atoms with E-state index in [0.29, 0.717) is 6.54 Å². The summed E-state index contributed by atoms with van der Waals surface area (Å²) in [5.74, 6) is -0.0668. The van der Waals surface area contributed by atoms with Crippen LogP contribution < -0.4 is 10.6 Å². The quantitative estimate of drug-likeness (QED) is 0.751. The van der Waals surface area contributed by atoms with Crippen molar-refractivity contribution in [3.63, 3.8) is 0 Å². The van der Waals surface area contributed by atoms with Crippen LogP contribution in [0.5, 0.6) is 0 Å². The summed E-state index contributed by atoms with van der Waals surface area (Å²) >= 11 is 0. The van der Waals surface area contributed by atoms with Gasteiger partial charge in [0.25, 0.3) is 0 Å². The zero-order chi connectivity index (χ0) is 15.4. The number of hydrogen-bond donors (Lipinski definition) is 3. The molecule has 1 rings (SSSR count). The van der Waals surface area contributed by atoms with Crippen molar-refractivity contribution in [2.75, 3.05) is 23.8 Å². The fourth-order valence-electron chi connectivity index (χ4n) is 1.36. The molecule has 0 atom stereocenters. The first-order valence-corrected chi connectivity index (χ1v) is 6.27. The van der Waals surface area contributed by atoms with E-state index in [1.807, 2.05) is 6.92 Å². The third-order valence-corrected chi connectivity index (χ3v) is 2.41. The van der Waals surface area contributed by atoms with Crippen LogP contribution >= 0.6 is 0 Å². The molecule has 0 bridgehead atoms. The van der Waals surface area contributed by atoms with Gasteiger partial charge in [-0.2, -0.15) is 18.2 Å². The van der Waals surface area contributed by atoms with Crippen molar-refractivity contribution in [1.82, 2.24) is 9.97 Å². The predicted molar refractivity (Wildman–Crippen MR) is 70.6 cm³/mol. The van der Waals surface area contributed by atoms with Crippen molar-refractivity contribution in [2.24, 2.45) is 0 Å². The van der Waals surface area contributed by atoms with Crippen molar-refractivity contribution >= 4 is 11.8 Å². The molecule has 0 aliphatic heterocycles. The summed E-state index contributed by atoms with van der Waals surface area (Å²) in [6, 6.07) is 0.828. The molecule has 1 heterocycles. The van der Waals surface area contributed by atoms with Gasteiger partial charge < -0.3 is 15.7 Å². The van der Waals surface area contributed by atoms with Gasteiger partial charge in [0, 0.05) is 12.6 Å². The number of nitrogens with one attached hydrogen (secondary N) is 2. The molecular formula is C12H19F3N4O. The van der Waals surface area contributed by atoms with Gasteiger partial charge in [-0.1, -0.05) is 6.92 Å². The lowest BCUT2D eigenvalue weighted by Gasteiger charge is -2.24. The monoisotopic (exact) mass is 292 g/mol. The normalized spacial score (nSPS) is 12.3. The molecular weight excluding hydrogens is 273 g/mol. The Morgan fingerprint density at radius 1 is 1.25 bits per heavy atom. The molecule has 0 radical (unpaired) electrons. The van der Waals surface area contributed by atoms with Gasteiger partial charge in [0.05, 0.1) is 12.1 Å². The minimum absolute atomic E-state index is 0.0185. The first-order valence-electron chi connectivity index (χ1n) is 6.27. The molecule has 0 aliphatic rings. The van der Waals surface area contributed by atoms with Crippen LogP contribution in [0.15, 0.2) is 6.07 Å². The molecule has 0 saturated heterocycles. The Kier molecular flexibility index (Phi) is 5.15. The van der Waals surface area contributed by atoms with Gasteiger partial charge in [-0.3, -0.25) is 0 Å². The topological polar surface area (TPSA) is 70.1 Å². The van der Waals surface area contributed by atoms with E-state index in [4.69, 9.17) is 5.11 Å². The number of nitrogens with zero attached hydrogens (tertiary/aromatic N) is 2. The molecule has 1 aromatic heterocycles. The van der Waals surface area contributed by atoms with E-state index < -0.39 is 17.4 Å². The molecule has 0 amide bonds. The highest BCUT2D eigenvalue weighted by atomic mass is 19.4. The Bertz CT molecular complexity index is 449. The highest BCUT2D eigenvalue weighted by molar-refractivity contribution is 5.44. The molecule has 3 N–H and O–H groups in total. The second-order valence-electron chi connectivity index (χ2n) is 5.05. The zero-order valence-corrected chi connectivity index (χ0v) is 11.7. The van der Waals surface area contributed by atoms with Gasteiger partial charge in [0.1, 0.15) is 5.82 Å². The van der Waals surface area contributed by atoms with Crippen molar-refractivity contribution in [3.05, 3.63) is 11.8 Å². The Labute approximate surface area is 115 Å². The smallest absolute Gasteiger partial charge is 0.394 e. The van der Waals surface area contributed by atoms with Gasteiger partial charge in [0.2, 0.25) is 5.95 Å². The summed E-state index contributed by atoms with van der Waals surface area (Å²) < 4.78 is 38.4. The van der Waals surface area contributed by atoms with Crippen LogP contribution in [-0.2, 0) is 6.18 Å². The molecule has 20 heavy (non-hydrogen) atoms. The maximum Gasteiger partial charge on any atom is 0.433 e. The molecule has 8 heteroatoms. The molecule has 0 unspecified atom stereocenters. The lowest BCUT2D eigenvalue weighted by Crippen LogP contribution is -2.35. The maximum atomic E-state index is 12.8. The zero-order valence-electron chi connectivity index (χ0n) is 11.7. The second kappa shape index (κ2) is 6.25. The second-order valence-corrected chi connectivity index (χ2v) is 5.05. The van der Waals surface area contributed by atoms with Gasteiger partial charge in [-0.25, -0.2) is 4.98 Å². The first kappa shape index (κ1) is 16.5. The summed E-state index contributed by atoms with van der Waals surface area (Å²) in [5, 5.41) is 14.6. The number of rotatable bonds is 6. The fourth-order valence-corrected chi connectivity index (χ4v) is 1.36. The molecule has 0 saturated carbocycles. The maximum absolute atomic E-state index is 12.8. The van der Waals surface area contributed by atoms with E-state index in [1.165, 1.54) is 0 Å².